The molecule has 1 unspecified atom stereocenters. The highest BCUT2D eigenvalue weighted by Gasteiger charge is 2.43. The lowest BCUT2D eigenvalue weighted by atomic mass is 10.1. The van der Waals surface area contributed by atoms with Crippen LogP contribution < -0.4 is 0 Å². The number of carbonyl (C=O) groups excluding carboxylic acids is 2. The summed E-state index contributed by atoms with van der Waals surface area (Å²) in [5, 5.41) is 21.1. The van der Waals surface area contributed by atoms with E-state index in [1.54, 1.807) is 0 Å². The van der Waals surface area contributed by atoms with Crippen molar-refractivity contribution in [1.29, 1.82) is 0 Å². The van der Waals surface area contributed by atoms with Crippen molar-refractivity contribution in [2.45, 2.75) is 6.17 Å². The Bertz CT molecular complexity index is 900. The molecule has 1 aliphatic heterocycles. The topological polar surface area (TPSA) is 104 Å². The van der Waals surface area contributed by atoms with Gasteiger partial charge in [-0.1, -0.05) is 18.2 Å². The van der Waals surface area contributed by atoms with E-state index in [0.717, 1.165) is 29.2 Å². The Labute approximate surface area is 145 Å². The summed E-state index contributed by atoms with van der Waals surface area (Å²) in [6, 6.07) is 7.73. The molecule has 2 aromatic rings. The van der Waals surface area contributed by atoms with Gasteiger partial charge in [0.25, 0.3) is 17.5 Å². The van der Waals surface area contributed by atoms with E-state index in [9.17, 15) is 33.7 Å². The summed E-state index contributed by atoms with van der Waals surface area (Å²) < 4.78 is 27.8. The van der Waals surface area contributed by atoms with E-state index in [1.807, 2.05) is 0 Å². The molecular weight excluding hydrogens is 352 g/mol. The van der Waals surface area contributed by atoms with Gasteiger partial charge in [0.1, 0.15) is 23.7 Å². The van der Waals surface area contributed by atoms with Crippen LogP contribution in [-0.4, -0.2) is 38.5 Å². The summed E-state index contributed by atoms with van der Waals surface area (Å²) in [6.07, 6.45) is -1.45. The summed E-state index contributed by atoms with van der Waals surface area (Å²) in [6.45, 7) is -0.642. The second-order valence-electron chi connectivity index (χ2n) is 5.49. The fourth-order valence-electron chi connectivity index (χ4n) is 2.72. The van der Waals surface area contributed by atoms with Crippen LogP contribution in [0.15, 0.2) is 42.5 Å². The maximum Gasteiger partial charge on any atom is 0.269 e. The SMILES string of the molecule is O=C1CN(C(=O)c2c(F)cccc2F)C(c2cccc([N+](=O)[O-])c2)N1O. The van der Waals surface area contributed by atoms with Crippen molar-refractivity contribution in [2.75, 3.05) is 6.54 Å². The number of hydrogen-bond acceptors (Lipinski definition) is 5. The summed E-state index contributed by atoms with van der Waals surface area (Å²) in [4.78, 5) is 35.4. The van der Waals surface area contributed by atoms with Gasteiger partial charge < -0.3 is 4.90 Å². The smallest absolute Gasteiger partial charge is 0.269 e. The molecule has 0 aliphatic carbocycles. The first-order valence-corrected chi connectivity index (χ1v) is 7.31. The highest BCUT2D eigenvalue weighted by Crippen LogP contribution is 2.33. The molecule has 1 fully saturated rings. The largest absolute Gasteiger partial charge is 0.302 e. The maximum absolute atomic E-state index is 13.9. The van der Waals surface area contributed by atoms with Gasteiger partial charge in [-0.2, -0.15) is 5.06 Å². The molecule has 3 rings (SSSR count). The predicted octanol–water partition coefficient (Wildman–Crippen LogP) is 2.25. The average Bonchev–Trinajstić information content (AvgIpc) is 2.90. The van der Waals surface area contributed by atoms with Crippen LogP contribution in [0.5, 0.6) is 0 Å². The van der Waals surface area contributed by atoms with Crippen molar-refractivity contribution >= 4 is 17.5 Å². The number of nitro benzene ring substituents is 1. The standard InChI is InChI=1S/C16H11F2N3O5/c17-11-5-2-6-12(18)14(11)16(23)19-8-13(22)20(24)15(19)9-3-1-4-10(7-9)21(25)26/h1-7,15,24H,8H2. The minimum Gasteiger partial charge on any atom is -0.302 e. The molecule has 0 aromatic heterocycles. The van der Waals surface area contributed by atoms with Gasteiger partial charge in [0.2, 0.25) is 0 Å². The van der Waals surface area contributed by atoms with Gasteiger partial charge in [-0.3, -0.25) is 24.9 Å². The van der Waals surface area contributed by atoms with Gasteiger partial charge in [0.05, 0.1) is 4.92 Å². The van der Waals surface area contributed by atoms with Crippen molar-refractivity contribution in [2.24, 2.45) is 0 Å². The van der Waals surface area contributed by atoms with Crippen molar-refractivity contribution in [3.8, 4) is 0 Å². The van der Waals surface area contributed by atoms with Gasteiger partial charge >= 0.3 is 0 Å². The zero-order chi connectivity index (χ0) is 19.0. The van der Waals surface area contributed by atoms with Crippen LogP contribution in [0.4, 0.5) is 14.5 Å². The summed E-state index contributed by atoms with van der Waals surface area (Å²) in [5.41, 5.74) is -1.18. The molecule has 1 aliphatic rings. The lowest BCUT2D eigenvalue weighted by molar-refractivity contribution is -0.385. The van der Waals surface area contributed by atoms with Gasteiger partial charge in [-0.15, -0.1) is 0 Å². The summed E-state index contributed by atoms with van der Waals surface area (Å²) in [5.74, 6) is -4.32. The molecule has 1 saturated heterocycles. The van der Waals surface area contributed by atoms with Crippen LogP contribution in [0, 0.1) is 21.7 Å². The Hall–Kier alpha value is -3.40. The second kappa shape index (κ2) is 6.48. The molecular formula is C16H11F2N3O5. The number of hydroxylamine groups is 2. The fourth-order valence-corrected chi connectivity index (χ4v) is 2.72. The molecule has 0 bridgehead atoms. The molecule has 1 N–H and O–H groups in total. The zero-order valence-electron chi connectivity index (χ0n) is 13.0. The van der Waals surface area contributed by atoms with Gasteiger partial charge in [0.15, 0.2) is 6.17 Å². The molecule has 0 saturated carbocycles. The number of rotatable bonds is 3. The number of amides is 2. The van der Waals surface area contributed by atoms with Crippen molar-refractivity contribution in [3.05, 3.63) is 75.3 Å². The molecule has 0 radical (unpaired) electrons. The molecule has 1 heterocycles. The first kappa shape index (κ1) is 17.4. The third-order valence-electron chi connectivity index (χ3n) is 3.90. The first-order chi connectivity index (χ1) is 12.3. The van der Waals surface area contributed by atoms with E-state index in [4.69, 9.17) is 0 Å². The zero-order valence-corrected chi connectivity index (χ0v) is 13.0. The number of hydrogen-bond donors (Lipinski definition) is 1. The normalized spacial score (nSPS) is 16.9. The molecule has 0 spiro atoms. The maximum atomic E-state index is 13.9. The number of non-ortho nitro benzene ring substituents is 1. The monoisotopic (exact) mass is 363 g/mol. The fraction of sp³-hybridized carbons (Fsp3) is 0.125. The number of carbonyl (C=O) groups is 2. The Balaban J connectivity index is 2.06. The van der Waals surface area contributed by atoms with Crippen molar-refractivity contribution in [3.63, 3.8) is 0 Å². The molecule has 8 nitrogen and oxygen atoms in total. The third kappa shape index (κ3) is 2.86. The van der Waals surface area contributed by atoms with Crippen LogP contribution in [0.3, 0.4) is 0 Å². The molecule has 1 atom stereocenters. The Morgan fingerprint density at radius 3 is 2.42 bits per heavy atom. The first-order valence-electron chi connectivity index (χ1n) is 7.31. The summed E-state index contributed by atoms with van der Waals surface area (Å²) >= 11 is 0. The minimum absolute atomic E-state index is 0.0395. The van der Waals surface area contributed by atoms with E-state index in [0.29, 0.717) is 0 Å². The number of benzene rings is 2. The van der Waals surface area contributed by atoms with E-state index in [1.165, 1.54) is 18.2 Å². The lowest BCUT2D eigenvalue weighted by Crippen LogP contribution is -2.35. The van der Waals surface area contributed by atoms with Crippen molar-refractivity contribution in [1.82, 2.24) is 9.96 Å². The molecule has 26 heavy (non-hydrogen) atoms. The highest BCUT2D eigenvalue weighted by molar-refractivity contribution is 5.98. The van der Waals surface area contributed by atoms with E-state index < -0.39 is 46.6 Å². The number of halogens is 2. The van der Waals surface area contributed by atoms with Crippen LogP contribution in [-0.2, 0) is 4.79 Å². The average molecular weight is 363 g/mol. The minimum atomic E-state index is -1.45. The lowest BCUT2D eigenvalue weighted by Gasteiger charge is -2.26. The molecule has 2 amide bonds. The number of nitro groups is 1. The quantitative estimate of drug-likeness (QED) is 0.512. The van der Waals surface area contributed by atoms with Crippen LogP contribution in [0.1, 0.15) is 22.1 Å². The van der Waals surface area contributed by atoms with Crippen LogP contribution in [0.2, 0.25) is 0 Å². The van der Waals surface area contributed by atoms with E-state index in [-0.39, 0.29) is 16.3 Å². The molecule has 134 valence electrons. The summed E-state index contributed by atoms with van der Waals surface area (Å²) in [7, 11) is 0. The van der Waals surface area contributed by atoms with E-state index in [2.05, 4.69) is 0 Å². The van der Waals surface area contributed by atoms with Gasteiger partial charge in [0, 0.05) is 17.7 Å². The van der Waals surface area contributed by atoms with Crippen LogP contribution in [0.25, 0.3) is 0 Å². The van der Waals surface area contributed by atoms with Gasteiger partial charge in [-0.25, -0.2) is 8.78 Å². The Morgan fingerprint density at radius 1 is 1.19 bits per heavy atom. The Morgan fingerprint density at radius 2 is 1.81 bits per heavy atom. The van der Waals surface area contributed by atoms with Crippen LogP contribution >= 0.6 is 0 Å². The molecule has 2 aromatic carbocycles. The predicted molar refractivity (Wildman–Crippen MR) is 81.9 cm³/mol. The molecule has 10 heteroatoms. The van der Waals surface area contributed by atoms with E-state index >= 15 is 0 Å². The number of nitrogens with zero attached hydrogens (tertiary/aromatic N) is 3. The highest BCUT2D eigenvalue weighted by atomic mass is 19.1. The Kier molecular flexibility index (Phi) is 4.34. The van der Waals surface area contributed by atoms with Crippen molar-refractivity contribution < 1.29 is 28.5 Å². The second-order valence-corrected chi connectivity index (χ2v) is 5.49. The third-order valence-corrected chi connectivity index (χ3v) is 3.90. The van der Waals surface area contributed by atoms with Gasteiger partial charge in [-0.05, 0) is 12.1 Å².